The summed E-state index contributed by atoms with van der Waals surface area (Å²) in [6, 6.07) is 6.19. The number of benzene rings is 1. The largest absolute Gasteiger partial charge is 0.361 e. The van der Waals surface area contributed by atoms with Crippen molar-refractivity contribution in [2.45, 2.75) is 32.6 Å². The normalized spacial score (nSPS) is 11.7. The van der Waals surface area contributed by atoms with Gasteiger partial charge in [-0.05, 0) is 32.0 Å². The van der Waals surface area contributed by atoms with Crippen LogP contribution in [0.3, 0.4) is 0 Å². The van der Waals surface area contributed by atoms with Crippen molar-refractivity contribution in [1.29, 1.82) is 0 Å². The number of nitrogens with zero attached hydrogens (tertiary/aromatic N) is 2. The molecule has 0 fully saturated rings. The number of aryl methyl sites for hydroxylation is 2. The van der Waals surface area contributed by atoms with Gasteiger partial charge in [0.25, 0.3) is 5.91 Å². The van der Waals surface area contributed by atoms with E-state index in [4.69, 9.17) is 4.52 Å². The van der Waals surface area contributed by atoms with Crippen LogP contribution in [-0.4, -0.2) is 36.9 Å². The van der Waals surface area contributed by atoms with Crippen molar-refractivity contribution in [3.8, 4) is 0 Å². The van der Waals surface area contributed by atoms with Crippen molar-refractivity contribution in [2.75, 3.05) is 18.4 Å². The Labute approximate surface area is 141 Å². The molecular formula is C16H21N3O4S. The molecule has 1 heterocycles. The van der Waals surface area contributed by atoms with Crippen molar-refractivity contribution < 1.29 is 17.7 Å². The summed E-state index contributed by atoms with van der Waals surface area (Å²) < 4.78 is 31.5. The summed E-state index contributed by atoms with van der Waals surface area (Å²) in [4.78, 5) is 12.5. The lowest BCUT2D eigenvalue weighted by Gasteiger charge is -2.18. The SMILES string of the molecule is CCN(CC)S(=O)(=O)c1cccc(NC(=O)c2c(C)noc2C)c1. The topological polar surface area (TPSA) is 92.5 Å². The fourth-order valence-electron chi connectivity index (χ4n) is 2.45. The number of sulfonamides is 1. The summed E-state index contributed by atoms with van der Waals surface area (Å²) in [5.41, 5.74) is 1.23. The minimum absolute atomic E-state index is 0.141. The summed E-state index contributed by atoms with van der Waals surface area (Å²) in [6.45, 7) is 7.65. The number of hydrogen-bond donors (Lipinski definition) is 1. The molecule has 2 aromatic rings. The first kappa shape index (κ1) is 18.2. The number of anilines is 1. The van der Waals surface area contributed by atoms with Crippen molar-refractivity contribution in [3.63, 3.8) is 0 Å². The number of carbonyl (C=O) groups is 1. The Morgan fingerprint density at radius 3 is 2.46 bits per heavy atom. The molecule has 0 unspecified atom stereocenters. The van der Waals surface area contributed by atoms with Crippen molar-refractivity contribution in [2.24, 2.45) is 0 Å². The Bertz CT molecular complexity index is 819. The molecule has 130 valence electrons. The molecule has 1 aromatic heterocycles. The Balaban J connectivity index is 2.30. The van der Waals surface area contributed by atoms with Gasteiger partial charge in [0.05, 0.1) is 10.6 Å². The molecule has 0 aliphatic rings. The smallest absolute Gasteiger partial charge is 0.261 e. The first-order valence-electron chi connectivity index (χ1n) is 7.65. The maximum absolute atomic E-state index is 12.6. The molecule has 1 amide bonds. The first-order valence-corrected chi connectivity index (χ1v) is 9.09. The number of rotatable bonds is 6. The molecule has 0 bridgehead atoms. The van der Waals surface area contributed by atoms with Gasteiger partial charge in [-0.15, -0.1) is 0 Å². The van der Waals surface area contributed by atoms with E-state index in [1.165, 1.54) is 16.4 Å². The molecule has 8 heteroatoms. The fraction of sp³-hybridized carbons (Fsp3) is 0.375. The second-order valence-electron chi connectivity index (χ2n) is 5.27. The Morgan fingerprint density at radius 2 is 1.92 bits per heavy atom. The van der Waals surface area contributed by atoms with Gasteiger partial charge in [0.1, 0.15) is 11.3 Å². The molecule has 7 nitrogen and oxygen atoms in total. The van der Waals surface area contributed by atoms with Crippen LogP contribution < -0.4 is 5.32 Å². The van der Waals surface area contributed by atoms with E-state index in [-0.39, 0.29) is 10.8 Å². The van der Waals surface area contributed by atoms with Gasteiger partial charge in [-0.2, -0.15) is 4.31 Å². The summed E-state index contributed by atoms with van der Waals surface area (Å²) in [7, 11) is -3.58. The highest BCUT2D eigenvalue weighted by Gasteiger charge is 2.22. The summed E-state index contributed by atoms with van der Waals surface area (Å²) in [5, 5.41) is 6.43. The molecular weight excluding hydrogens is 330 g/mol. The minimum Gasteiger partial charge on any atom is -0.361 e. The van der Waals surface area contributed by atoms with E-state index < -0.39 is 10.0 Å². The van der Waals surface area contributed by atoms with E-state index >= 15 is 0 Å². The zero-order chi connectivity index (χ0) is 17.9. The van der Waals surface area contributed by atoms with Gasteiger partial charge in [0, 0.05) is 18.8 Å². The van der Waals surface area contributed by atoms with E-state index in [1.807, 2.05) is 0 Å². The van der Waals surface area contributed by atoms with Crippen molar-refractivity contribution in [3.05, 3.63) is 41.3 Å². The molecule has 2 rings (SSSR count). The van der Waals surface area contributed by atoms with Crippen LogP contribution in [0.1, 0.15) is 35.7 Å². The maximum Gasteiger partial charge on any atom is 0.261 e. The summed E-state index contributed by atoms with van der Waals surface area (Å²) in [6.07, 6.45) is 0. The lowest BCUT2D eigenvalue weighted by Crippen LogP contribution is -2.30. The van der Waals surface area contributed by atoms with E-state index in [0.717, 1.165) is 0 Å². The van der Waals surface area contributed by atoms with Crippen LogP contribution in [0.4, 0.5) is 5.69 Å². The third-order valence-electron chi connectivity index (χ3n) is 3.70. The van der Waals surface area contributed by atoms with Crippen LogP contribution in [-0.2, 0) is 10.0 Å². The van der Waals surface area contributed by atoms with Gasteiger partial charge in [-0.3, -0.25) is 4.79 Å². The van der Waals surface area contributed by atoms with Crippen molar-refractivity contribution in [1.82, 2.24) is 9.46 Å². The van der Waals surface area contributed by atoms with Crippen LogP contribution in [0.2, 0.25) is 0 Å². The third-order valence-corrected chi connectivity index (χ3v) is 5.74. The predicted molar refractivity (Wildman–Crippen MR) is 90.5 cm³/mol. The van der Waals surface area contributed by atoms with E-state index in [2.05, 4.69) is 10.5 Å². The highest BCUT2D eigenvalue weighted by molar-refractivity contribution is 7.89. The minimum atomic E-state index is -3.58. The summed E-state index contributed by atoms with van der Waals surface area (Å²) >= 11 is 0. The van der Waals surface area contributed by atoms with Crippen LogP contribution in [0, 0.1) is 13.8 Å². The first-order chi connectivity index (χ1) is 11.3. The average Bonchev–Trinajstić information content (AvgIpc) is 2.87. The number of hydrogen-bond acceptors (Lipinski definition) is 5. The molecule has 24 heavy (non-hydrogen) atoms. The molecule has 0 aliphatic carbocycles. The molecule has 1 N–H and O–H groups in total. The van der Waals surface area contributed by atoms with Crippen LogP contribution in [0.5, 0.6) is 0 Å². The zero-order valence-electron chi connectivity index (χ0n) is 14.2. The number of amides is 1. The second-order valence-corrected chi connectivity index (χ2v) is 7.21. The third kappa shape index (κ3) is 3.49. The van der Waals surface area contributed by atoms with E-state index in [9.17, 15) is 13.2 Å². The molecule has 0 atom stereocenters. The van der Waals surface area contributed by atoms with Crippen LogP contribution in [0.25, 0.3) is 0 Å². The lowest BCUT2D eigenvalue weighted by molar-refractivity contribution is 0.102. The Hall–Kier alpha value is -2.19. The van der Waals surface area contributed by atoms with Gasteiger partial charge in [-0.25, -0.2) is 8.42 Å². The summed E-state index contributed by atoms with van der Waals surface area (Å²) in [5.74, 6) is 0.0283. The average molecular weight is 351 g/mol. The van der Waals surface area contributed by atoms with Gasteiger partial charge in [-0.1, -0.05) is 25.1 Å². The van der Waals surface area contributed by atoms with Gasteiger partial charge >= 0.3 is 0 Å². The number of aromatic nitrogens is 1. The van der Waals surface area contributed by atoms with E-state index in [0.29, 0.717) is 35.8 Å². The quantitative estimate of drug-likeness (QED) is 0.863. The van der Waals surface area contributed by atoms with Gasteiger partial charge < -0.3 is 9.84 Å². The van der Waals surface area contributed by atoms with Crippen LogP contribution in [0.15, 0.2) is 33.7 Å². The molecule has 0 spiro atoms. The molecule has 0 saturated heterocycles. The monoisotopic (exact) mass is 351 g/mol. The van der Waals surface area contributed by atoms with Gasteiger partial charge in [0.2, 0.25) is 10.0 Å². The second kappa shape index (κ2) is 7.14. The predicted octanol–water partition coefficient (Wildman–Crippen LogP) is 2.57. The zero-order valence-corrected chi connectivity index (χ0v) is 15.0. The molecule has 0 saturated carbocycles. The molecule has 0 radical (unpaired) electrons. The van der Waals surface area contributed by atoms with Crippen molar-refractivity contribution >= 4 is 21.6 Å². The fourth-order valence-corrected chi connectivity index (χ4v) is 3.95. The van der Waals surface area contributed by atoms with Crippen LogP contribution >= 0.6 is 0 Å². The molecule has 0 aliphatic heterocycles. The van der Waals surface area contributed by atoms with E-state index in [1.54, 1.807) is 39.8 Å². The lowest BCUT2D eigenvalue weighted by atomic mass is 10.2. The highest BCUT2D eigenvalue weighted by Crippen LogP contribution is 2.21. The standard InChI is InChI=1S/C16H21N3O4S/c1-5-19(6-2)24(21,22)14-9-7-8-13(10-14)17-16(20)15-11(3)18-23-12(15)4/h7-10H,5-6H2,1-4H3,(H,17,20). The highest BCUT2D eigenvalue weighted by atomic mass is 32.2. The molecule has 1 aromatic carbocycles. The number of nitrogens with one attached hydrogen (secondary N) is 1. The number of carbonyl (C=O) groups excluding carboxylic acids is 1. The Kier molecular flexibility index (Phi) is 5.40. The Morgan fingerprint density at radius 1 is 1.25 bits per heavy atom. The maximum atomic E-state index is 12.6. The van der Waals surface area contributed by atoms with Gasteiger partial charge in [0.15, 0.2) is 0 Å².